The molecule has 7 heteroatoms. The lowest BCUT2D eigenvalue weighted by molar-refractivity contribution is 0.486. The zero-order valence-corrected chi connectivity index (χ0v) is 12.3. The first kappa shape index (κ1) is 15.2. The van der Waals surface area contributed by atoms with E-state index in [0.717, 1.165) is 23.3 Å². The summed E-state index contributed by atoms with van der Waals surface area (Å²) in [5.74, 6) is -2.77. The minimum absolute atomic E-state index is 0.172. The molecule has 0 aliphatic carbocycles. The Hall–Kier alpha value is -2.15. The van der Waals surface area contributed by atoms with Crippen LogP contribution in [0.5, 0.6) is 0 Å². The van der Waals surface area contributed by atoms with Gasteiger partial charge in [0.05, 0.1) is 0 Å². The second-order valence-corrected chi connectivity index (χ2v) is 6.45. The van der Waals surface area contributed by atoms with Gasteiger partial charge in [-0.2, -0.15) is 0 Å². The van der Waals surface area contributed by atoms with Gasteiger partial charge in [0.25, 0.3) is 10.0 Å². The average molecular weight is 312 g/mol. The number of benzene rings is 2. The van der Waals surface area contributed by atoms with Crippen LogP contribution < -0.4 is 10.5 Å². The van der Waals surface area contributed by atoms with Crippen molar-refractivity contribution in [2.75, 3.05) is 10.5 Å². The maximum atomic E-state index is 13.7. The first-order valence-electron chi connectivity index (χ1n) is 6.04. The van der Waals surface area contributed by atoms with Gasteiger partial charge in [-0.25, -0.2) is 17.2 Å². The van der Waals surface area contributed by atoms with Crippen molar-refractivity contribution in [3.63, 3.8) is 0 Å². The van der Waals surface area contributed by atoms with Crippen molar-refractivity contribution in [3.8, 4) is 0 Å². The van der Waals surface area contributed by atoms with E-state index in [4.69, 9.17) is 5.73 Å². The summed E-state index contributed by atoms with van der Waals surface area (Å²) in [6, 6.07) is 6.64. The lowest BCUT2D eigenvalue weighted by Gasteiger charge is -2.11. The average Bonchev–Trinajstić information content (AvgIpc) is 2.31. The predicted molar refractivity (Wildman–Crippen MR) is 77.5 cm³/mol. The van der Waals surface area contributed by atoms with Crippen LogP contribution in [0.4, 0.5) is 20.2 Å². The fourth-order valence-electron chi connectivity index (χ4n) is 2.02. The number of aryl methyl sites for hydroxylation is 2. The van der Waals surface area contributed by atoms with E-state index in [1.54, 1.807) is 26.0 Å². The zero-order chi connectivity index (χ0) is 15.8. The molecule has 2 rings (SSSR count). The minimum atomic E-state index is -4.27. The number of rotatable bonds is 3. The summed E-state index contributed by atoms with van der Waals surface area (Å²) in [7, 11) is -4.27. The second-order valence-electron chi connectivity index (χ2n) is 4.80. The molecule has 0 saturated carbocycles. The van der Waals surface area contributed by atoms with Crippen molar-refractivity contribution in [1.29, 1.82) is 0 Å². The molecular formula is C14H14F2N2O2S. The highest BCUT2D eigenvalue weighted by Gasteiger charge is 2.23. The van der Waals surface area contributed by atoms with E-state index in [-0.39, 0.29) is 11.4 Å². The Kier molecular flexibility index (Phi) is 3.87. The number of nitrogens with two attached hydrogens (primary N) is 1. The van der Waals surface area contributed by atoms with Gasteiger partial charge in [0, 0.05) is 11.4 Å². The SMILES string of the molecule is Cc1cc(C)cc(NS(=O)(=O)c2cc(N)cc(F)c2F)c1. The monoisotopic (exact) mass is 312 g/mol. The summed E-state index contributed by atoms with van der Waals surface area (Å²) in [5, 5.41) is 0. The number of halogens is 2. The van der Waals surface area contributed by atoms with E-state index in [1.807, 2.05) is 6.07 Å². The van der Waals surface area contributed by atoms with Crippen LogP contribution in [0.15, 0.2) is 35.2 Å². The van der Waals surface area contributed by atoms with E-state index in [9.17, 15) is 17.2 Å². The number of nitrogens with one attached hydrogen (secondary N) is 1. The van der Waals surface area contributed by atoms with Crippen LogP contribution in [0.2, 0.25) is 0 Å². The van der Waals surface area contributed by atoms with Gasteiger partial charge in [0.1, 0.15) is 4.90 Å². The molecule has 0 unspecified atom stereocenters. The molecule has 0 amide bonds. The van der Waals surface area contributed by atoms with Gasteiger partial charge < -0.3 is 5.73 Å². The Morgan fingerprint density at radius 1 is 1.00 bits per heavy atom. The third-order valence-corrected chi connectivity index (χ3v) is 4.16. The lowest BCUT2D eigenvalue weighted by atomic mass is 10.1. The van der Waals surface area contributed by atoms with Gasteiger partial charge in [-0.15, -0.1) is 0 Å². The van der Waals surface area contributed by atoms with Gasteiger partial charge in [0.2, 0.25) is 0 Å². The number of hydrogen-bond donors (Lipinski definition) is 2. The van der Waals surface area contributed by atoms with Crippen molar-refractivity contribution in [2.45, 2.75) is 18.7 Å². The topological polar surface area (TPSA) is 72.2 Å². The predicted octanol–water partition coefficient (Wildman–Crippen LogP) is 2.96. The molecule has 0 heterocycles. The fraction of sp³-hybridized carbons (Fsp3) is 0.143. The molecule has 2 aromatic carbocycles. The Morgan fingerprint density at radius 3 is 2.14 bits per heavy atom. The van der Waals surface area contributed by atoms with Crippen LogP contribution in [0.25, 0.3) is 0 Å². The fourth-order valence-corrected chi connectivity index (χ4v) is 3.19. The molecule has 3 N–H and O–H groups in total. The molecule has 0 atom stereocenters. The summed E-state index contributed by atoms with van der Waals surface area (Å²) in [6.45, 7) is 3.59. The van der Waals surface area contributed by atoms with E-state index in [1.165, 1.54) is 0 Å². The molecule has 0 aromatic heterocycles. The molecular weight excluding hydrogens is 298 g/mol. The summed E-state index contributed by atoms with van der Waals surface area (Å²) in [4.78, 5) is -0.820. The minimum Gasteiger partial charge on any atom is -0.399 e. The molecule has 0 spiro atoms. The van der Waals surface area contributed by atoms with E-state index in [2.05, 4.69) is 4.72 Å². The standard InChI is InChI=1S/C14H14F2N2O2S/c1-8-3-9(2)5-11(4-8)18-21(19,20)13-7-10(17)6-12(15)14(13)16/h3-7,18H,17H2,1-2H3. The summed E-state index contributed by atoms with van der Waals surface area (Å²) >= 11 is 0. The molecule has 2 aromatic rings. The molecule has 21 heavy (non-hydrogen) atoms. The van der Waals surface area contributed by atoms with Crippen molar-refractivity contribution >= 4 is 21.4 Å². The lowest BCUT2D eigenvalue weighted by Crippen LogP contribution is -2.16. The second kappa shape index (κ2) is 5.33. The van der Waals surface area contributed by atoms with Crippen LogP contribution in [0.3, 0.4) is 0 Å². The number of sulfonamides is 1. The largest absolute Gasteiger partial charge is 0.399 e. The molecule has 0 radical (unpaired) electrons. The highest BCUT2D eigenvalue weighted by molar-refractivity contribution is 7.92. The third-order valence-electron chi connectivity index (χ3n) is 2.78. The van der Waals surface area contributed by atoms with E-state index < -0.39 is 26.6 Å². The number of hydrogen-bond acceptors (Lipinski definition) is 3. The number of nitrogen functional groups attached to an aromatic ring is 1. The quantitative estimate of drug-likeness (QED) is 0.856. The molecule has 112 valence electrons. The van der Waals surface area contributed by atoms with Crippen LogP contribution >= 0.6 is 0 Å². The van der Waals surface area contributed by atoms with Crippen molar-refractivity contribution < 1.29 is 17.2 Å². The Labute approximate surface area is 121 Å². The molecule has 0 aliphatic heterocycles. The molecule has 0 fully saturated rings. The molecule has 0 saturated heterocycles. The highest BCUT2D eigenvalue weighted by Crippen LogP contribution is 2.24. The molecule has 0 aliphatic rings. The van der Waals surface area contributed by atoms with Gasteiger partial charge >= 0.3 is 0 Å². The molecule has 0 bridgehead atoms. The molecule has 4 nitrogen and oxygen atoms in total. The van der Waals surface area contributed by atoms with E-state index >= 15 is 0 Å². The van der Waals surface area contributed by atoms with Gasteiger partial charge in [0.15, 0.2) is 11.6 Å². The van der Waals surface area contributed by atoms with Crippen molar-refractivity contribution in [1.82, 2.24) is 0 Å². The summed E-state index contributed by atoms with van der Waals surface area (Å²) in [6.07, 6.45) is 0. The number of anilines is 2. The summed E-state index contributed by atoms with van der Waals surface area (Å²) in [5.41, 5.74) is 7.15. The smallest absolute Gasteiger partial charge is 0.265 e. The Morgan fingerprint density at radius 2 is 1.57 bits per heavy atom. The normalized spacial score (nSPS) is 11.4. The van der Waals surface area contributed by atoms with E-state index in [0.29, 0.717) is 0 Å². The van der Waals surface area contributed by atoms with Crippen LogP contribution in [0.1, 0.15) is 11.1 Å². The maximum Gasteiger partial charge on any atom is 0.265 e. The summed E-state index contributed by atoms with van der Waals surface area (Å²) < 4.78 is 53.6. The first-order valence-corrected chi connectivity index (χ1v) is 7.53. The Balaban J connectivity index is 2.48. The van der Waals surface area contributed by atoms with Crippen molar-refractivity contribution in [3.05, 3.63) is 53.1 Å². The third kappa shape index (κ3) is 3.30. The van der Waals surface area contributed by atoms with Crippen molar-refractivity contribution in [2.24, 2.45) is 0 Å². The van der Waals surface area contributed by atoms with Crippen LogP contribution in [-0.2, 0) is 10.0 Å². The Bertz CT molecular complexity index is 785. The van der Waals surface area contributed by atoms with Crippen LogP contribution in [-0.4, -0.2) is 8.42 Å². The zero-order valence-electron chi connectivity index (χ0n) is 11.4. The maximum absolute atomic E-state index is 13.7. The highest BCUT2D eigenvalue weighted by atomic mass is 32.2. The van der Waals surface area contributed by atoms with Gasteiger partial charge in [-0.3, -0.25) is 4.72 Å². The van der Waals surface area contributed by atoms with Gasteiger partial charge in [-0.1, -0.05) is 6.07 Å². The van der Waals surface area contributed by atoms with Gasteiger partial charge in [-0.05, 0) is 49.2 Å². The van der Waals surface area contributed by atoms with Crippen LogP contribution in [0, 0.1) is 25.5 Å². The first-order chi connectivity index (χ1) is 9.69.